The molecule has 1 N–H and O–H groups in total. The molecule has 2 rings (SSSR count). The fraction of sp³-hybridized carbons (Fsp3) is 0.353. The molecule has 0 aliphatic rings. The summed E-state index contributed by atoms with van der Waals surface area (Å²) in [5.41, 5.74) is 2.05. The molecule has 0 radical (unpaired) electrons. The Hall–Kier alpha value is -2.07. The summed E-state index contributed by atoms with van der Waals surface area (Å²) in [6, 6.07) is 13.3. The van der Waals surface area contributed by atoms with Gasteiger partial charge in [0.1, 0.15) is 5.75 Å². The topological polar surface area (TPSA) is 43.3 Å². The second-order valence-corrected chi connectivity index (χ2v) is 4.97. The van der Waals surface area contributed by atoms with Gasteiger partial charge in [0.2, 0.25) is 0 Å². The van der Waals surface area contributed by atoms with Crippen LogP contribution in [0, 0.1) is 6.92 Å². The minimum Gasteiger partial charge on any atom is -0.496 e. The lowest BCUT2D eigenvalue weighted by molar-refractivity contribution is 0.388. The van der Waals surface area contributed by atoms with Gasteiger partial charge < -0.3 is 14.6 Å². The summed E-state index contributed by atoms with van der Waals surface area (Å²) in [6.07, 6.45) is 0. The van der Waals surface area contributed by atoms with Gasteiger partial charge in [-0.1, -0.05) is 31.2 Å². The number of hydrogen-bond acceptors (Lipinski definition) is 3. The predicted octanol–water partition coefficient (Wildman–Crippen LogP) is 2.52. The van der Waals surface area contributed by atoms with E-state index in [1.165, 1.54) is 0 Å². The van der Waals surface area contributed by atoms with Gasteiger partial charge in [-0.05, 0) is 25.6 Å². The molecule has 4 heteroatoms. The first-order valence-corrected chi connectivity index (χ1v) is 7.20. The normalized spacial score (nSPS) is 12.1. The van der Waals surface area contributed by atoms with Crippen molar-refractivity contribution in [2.24, 2.45) is 0 Å². The minimum absolute atomic E-state index is 0.0211. The summed E-state index contributed by atoms with van der Waals surface area (Å²) < 4.78 is 7.23. The molecule has 21 heavy (non-hydrogen) atoms. The molecule has 1 aromatic carbocycles. The number of likely N-dealkylation sites (N-methyl/N-ethyl adjacent to an activating group) is 1. The molecule has 0 fully saturated rings. The summed E-state index contributed by atoms with van der Waals surface area (Å²) in [7, 11) is 1.67. The number of pyridine rings is 1. The molecule has 4 nitrogen and oxygen atoms in total. The number of rotatable bonds is 6. The van der Waals surface area contributed by atoms with E-state index in [0.717, 1.165) is 23.6 Å². The van der Waals surface area contributed by atoms with Gasteiger partial charge in [-0.3, -0.25) is 4.79 Å². The first kappa shape index (κ1) is 15.3. The van der Waals surface area contributed by atoms with Crippen molar-refractivity contribution in [2.45, 2.75) is 26.4 Å². The molecule has 1 unspecified atom stereocenters. The van der Waals surface area contributed by atoms with Gasteiger partial charge in [-0.2, -0.15) is 0 Å². The highest BCUT2D eigenvalue weighted by Crippen LogP contribution is 2.25. The molecule has 2 aromatic rings. The molecule has 0 saturated carbocycles. The van der Waals surface area contributed by atoms with Crippen molar-refractivity contribution in [2.75, 3.05) is 13.7 Å². The Bertz CT molecular complexity index is 649. The van der Waals surface area contributed by atoms with Gasteiger partial charge in [-0.15, -0.1) is 0 Å². The van der Waals surface area contributed by atoms with Crippen LogP contribution in [0.4, 0.5) is 0 Å². The molecular formula is C17H22N2O2. The van der Waals surface area contributed by atoms with Crippen LogP contribution in [0.3, 0.4) is 0 Å². The van der Waals surface area contributed by atoms with E-state index in [1.807, 2.05) is 37.3 Å². The lowest BCUT2D eigenvalue weighted by atomic mass is 10.1. The Morgan fingerprint density at radius 3 is 2.62 bits per heavy atom. The molecule has 1 atom stereocenters. The third kappa shape index (κ3) is 3.52. The first-order chi connectivity index (χ1) is 10.2. The summed E-state index contributed by atoms with van der Waals surface area (Å²) in [4.78, 5) is 12.1. The van der Waals surface area contributed by atoms with E-state index in [0.29, 0.717) is 6.54 Å². The van der Waals surface area contributed by atoms with Crippen molar-refractivity contribution >= 4 is 0 Å². The fourth-order valence-electron chi connectivity index (χ4n) is 2.51. The number of methoxy groups -OCH3 is 1. The van der Waals surface area contributed by atoms with E-state index in [4.69, 9.17) is 4.74 Å². The number of aryl methyl sites for hydroxylation is 1. The van der Waals surface area contributed by atoms with E-state index in [1.54, 1.807) is 23.8 Å². The van der Waals surface area contributed by atoms with E-state index < -0.39 is 0 Å². The third-order valence-corrected chi connectivity index (χ3v) is 3.60. The Balaban J connectivity index is 2.38. The van der Waals surface area contributed by atoms with Crippen molar-refractivity contribution in [3.05, 3.63) is 64.1 Å². The zero-order valence-electron chi connectivity index (χ0n) is 12.8. The summed E-state index contributed by atoms with van der Waals surface area (Å²) in [5.74, 6) is 0.838. The van der Waals surface area contributed by atoms with Crippen LogP contribution in [0.1, 0.15) is 24.2 Å². The summed E-state index contributed by atoms with van der Waals surface area (Å²) >= 11 is 0. The van der Waals surface area contributed by atoms with Gasteiger partial charge in [0.15, 0.2) is 0 Å². The molecule has 112 valence electrons. The highest BCUT2D eigenvalue weighted by atomic mass is 16.5. The van der Waals surface area contributed by atoms with Gasteiger partial charge in [0.25, 0.3) is 5.56 Å². The van der Waals surface area contributed by atoms with Crippen molar-refractivity contribution in [1.29, 1.82) is 0 Å². The smallest absolute Gasteiger partial charge is 0.250 e. The SMILES string of the molecule is CCNC(Cn1c(C)cccc1=O)c1ccccc1OC. The molecule has 0 bridgehead atoms. The quantitative estimate of drug-likeness (QED) is 0.887. The Morgan fingerprint density at radius 1 is 1.19 bits per heavy atom. The number of ether oxygens (including phenoxy) is 1. The summed E-state index contributed by atoms with van der Waals surface area (Å²) in [6.45, 7) is 5.42. The fourth-order valence-corrected chi connectivity index (χ4v) is 2.51. The van der Waals surface area contributed by atoms with Crippen LogP contribution in [-0.4, -0.2) is 18.2 Å². The molecule has 1 heterocycles. The maximum Gasteiger partial charge on any atom is 0.250 e. The Morgan fingerprint density at radius 2 is 1.95 bits per heavy atom. The van der Waals surface area contributed by atoms with Crippen LogP contribution in [0.2, 0.25) is 0 Å². The van der Waals surface area contributed by atoms with Crippen molar-refractivity contribution in [3.63, 3.8) is 0 Å². The minimum atomic E-state index is 0.0211. The zero-order valence-corrected chi connectivity index (χ0v) is 12.8. The maximum absolute atomic E-state index is 12.1. The van der Waals surface area contributed by atoms with Crippen molar-refractivity contribution in [1.82, 2.24) is 9.88 Å². The zero-order chi connectivity index (χ0) is 15.2. The highest BCUT2D eigenvalue weighted by molar-refractivity contribution is 5.36. The average Bonchev–Trinajstić information content (AvgIpc) is 2.50. The summed E-state index contributed by atoms with van der Waals surface area (Å²) in [5, 5.41) is 3.44. The Kier molecular flexibility index (Phi) is 5.17. The molecule has 0 saturated heterocycles. The van der Waals surface area contributed by atoms with Crippen molar-refractivity contribution < 1.29 is 4.74 Å². The molecule has 0 aliphatic carbocycles. The van der Waals surface area contributed by atoms with Crippen LogP contribution in [0.25, 0.3) is 0 Å². The van der Waals surface area contributed by atoms with Crippen LogP contribution in [0.15, 0.2) is 47.3 Å². The van der Waals surface area contributed by atoms with Gasteiger partial charge in [-0.25, -0.2) is 0 Å². The van der Waals surface area contributed by atoms with E-state index >= 15 is 0 Å². The molecule has 0 spiro atoms. The van der Waals surface area contributed by atoms with E-state index in [9.17, 15) is 4.79 Å². The average molecular weight is 286 g/mol. The number of benzene rings is 1. The van der Waals surface area contributed by atoms with Crippen LogP contribution in [0.5, 0.6) is 5.75 Å². The molecule has 1 aromatic heterocycles. The maximum atomic E-state index is 12.1. The van der Waals surface area contributed by atoms with Crippen LogP contribution < -0.4 is 15.6 Å². The monoisotopic (exact) mass is 286 g/mol. The van der Waals surface area contributed by atoms with Crippen molar-refractivity contribution in [3.8, 4) is 5.75 Å². The second kappa shape index (κ2) is 7.09. The number of para-hydroxylation sites is 1. The largest absolute Gasteiger partial charge is 0.496 e. The second-order valence-electron chi connectivity index (χ2n) is 4.97. The predicted molar refractivity (Wildman–Crippen MR) is 84.9 cm³/mol. The third-order valence-electron chi connectivity index (χ3n) is 3.60. The van der Waals surface area contributed by atoms with E-state index in [2.05, 4.69) is 12.2 Å². The number of aromatic nitrogens is 1. The lowest BCUT2D eigenvalue weighted by Crippen LogP contribution is -2.31. The van der Waals surface area contributed by atoms with Gasteiger partial charge in [0, 0.05) is 23.9 Å². The molecule has 0 aliphatic heterocycles. The number of hydrogen-bond donors (Lipinski definition) is 1. The van der Waals surface area contributed by atoms with Crippen LogP contribution >= 0.6 is 0 Å². The molecular weight excluding hydrogens is 264 g/mol. The van der Waals surface area contributed by atoms with Gasteiger partial charge >= 0.3 is 0 Å². The standard InChI is InChI=1S/C17H22N2O2/c1-4-18-15(14-9-5-6-10-16(14)21-3)12-19-13(2)8-7-11-17(19)20/h5-11,15,18H,4,12H2,1-3H3. The molecule has 0 amide bonds. The van der Waals surface area contributed by atoms with Gasteiger partial charge in [0.05, 0.1) is 13.2 Å². The first-order valence-electron chi connectivity index (χ1n) is 7.20. The Labute approximate surface area is 125 Å². The highest BCUT2D eigenvalue weighted by Gasteiger charge is 2.16. The van der Waals surface area contributed by atoms with Crippen LogP contribution in [-0.2, 0) is 6.54 Å². The number of nitrogens with zero attached hydrogens (tertiary/aromatic N) is 1. The van der Waals surface area contributed by atoms with E-state index in [-0.39, 0.29) is 11.6 Å². The number of nitrogens with one attached hydrogen (secondary N) is 1. The lowest BCUT2D eigenvalue weighted by Gasteiger charge is -2.22.